The van der Waals surface area contributed by atoms with Crippen molar-refractivity contribution in [1.82, 2.24) is 4.90 Å². The second kappa shape index (κ2) is 5.51. The topological polar surface area (TPSA) is 40.6 Å². The lowest BCUT2D eigenvalue weighted by Crippen LogP contribution is -2.33. The van der Waals surface area contributed by atoms with Gasteiger partial charge in [0.1, 0.15) is 0 Å². The van der Waals surface area contributed by atoms with Crippen LogP contribution in [-0.4, -0.2) is 37.4 Å². The number of amides is 2. The summed E-state index contributed by atoms with van der Waals surface area (Å²) in [7, 11) is 3.51. The first kappa shape index (κ1) is 14.1. The van der Waals surface area contributed by atoms with Crippen molar-refractivity contribution in [2.45, 2.75) is 32.1 Å². The van der Waals surface area contributed by atoms with Gasteiger partial charge in [-0.15, -0.1) is 0 Å². The Labute approximate surface area is 125 Å². The van der Waals surface area contributed by atoms with Crippen LogP contribution in [0.4, 0.5) is 5.69 Å². The predicted octanol–water partition coefficient (Wildman–Crippen LogP) is 2.47. The highest BCUT2D eigenvalue weighted by molar-refractivity contribution is 5.99. The van der Waals surface area contributed by atoms with Crippen molar-refractivity contribution < 1.29 is 9.59 Å². The molecule has 112 valence electrons. The number of nitrogens with zero attached hydrogens (tertiary/aromatic N) is 2. The van der Waals surface area contributed by atoms with Gasteiger partial charge in [-0.3, -0.25) is 9.59 Å². The van der Waals surface area contributed by atoms with E-state index in [1.54, 1.807) is 19.0 Å². The molecule has 21 heavy (non-hydrogen) atoms. The van der Waals surface area contributed by atoms with Gasteiger partial charge in [-0.1, -0.05) is 12.8 Å². The lowest BCUT2D eigenvalue weighted by molar-refractivity contribution is -0.122. The molecule has 2 amide bonds. The van der Waals surface area contributed by atoms with E-state index in [0.29, 0.717) is 5.56 Å². The van der Waals surface area contributed by atoms with Crippen LogP contribution in [0.15, 0.2) is 18.2 Å². The summed E-state index contributed by atoms with van der Waals surface area (Å²) in [6.45, 7) is 0.754. The SMILES string of the molecule is CN(C)C(=O)c1ccc2c(c1)CCN2C(=O)C1CCCC1. The van der Waals surface area contributed by atoms with Crippen molar-refractivity contribution in [2.24, 2.45) is 5.92 Å². The Kier molecular flexibility index (Phi) is 3.70. The minimum Gasteiger partial charge on any atom is -0.345 e. The molecule has 0 aromatic heterocycles. The second-order valence-corrected chi connectivity index (χ2v) is 6.26. The molecule has 1 aromatic carbocycles. The smallest absolute Gasteiger partial charge is 0.253 e. The molecule has 4 heteroatoms. The van der Waals surface area contributed by atoms with Crippen molar-refractivity contribution >= 4 is 17.5 Å². The molecular weight excluding hydrogens is 264 g/mol. The van der Waals surface area contributed by atoms with E-state index < -0.39 is 0 Å². The number of benzene rings is 1. The number of anilines is 1. The van der Waals surface area contributed by atoms with Crippen LogP contribution in [0.3, 0.4) is 0 Å². The number of carbonyl (C=O) groups excluding carboxylic acids is 2. The summed E-state index contributed by atoms with van der Waals surface area (Å²) in [5, 5.41) is 0. The first-order valence-electron chi connectivity index (χ1n) is 7.74. The Balaban J connectivity index is 1.83. The molecule has 1 heterocycles. The van der Waals surface area contributed by atoms with Crippen molar-refractivity contribution in [3.8, 4) is 0 Å². The lowest BCUT2D eigenvalue weighted by atomic mass is 10.1. The van der Waals surface area contributed by atoms with Gasteiger partial charge in [-0.05, 0) is 43.0 Å². The van der Waals surface area contributed by atoms with Gasteiger partial charge in [-0.2, -0.15) is 0 Å². The van der Waals surface area contributed by atoms with Crippen LogP contribution in [0, 0.1) is 5.92 Å². The van der Waals surface area contributed by atoms with E-state index in [-0.39, 0.29) is 17.7 Å². The van der Waals surface area contributed by atoms with Gasteiger partial charge in [0.25, 0.3) is 5.91 Å². The summed E-state index contributed by atoms with van der Waals surface area (Å²) in [4.78, 5) is 28.1. The van der Waals surface area contributed by atoms with Crippen LogP contribution < -0.4 is 4.90 Å². The fourth-order valence-corrected chi connectivity index (χ4v) is 3.42. The van der Waals surface area contributed by atoms with E-state index >= 15 is 0 Å². The number of hydrogen-bond donors (Lipinski definition) is 0. The maximum absolute atomic E-state index is 12.6. The standard InChI is InChI=1S/C17H22N2O2/c1-18(2)16(20)14-7-8-15-13(11-14)9-10-19(15)17(21)12-5-3-4-6-12/h7-8,11-12H,3-6,9-10H2,1-2H3. The summed E-state index contributed by atoms with van der Waals surface area (Å²) in [5.41, 5.74) is 2.82. The maximum atomic E-state index is 12.6. The Hall–Kier alpha value is -1.84. The van der Waals surface area contributed by atoms with Crippen molar-refractivity contribution in [1.29, 1.82) is 0 Å². The summed E-state index contributed by atoms with van der Waals surface area (Å²) >= 11 is 0. The molecule has 0 radical (unpaired) electrons. The van der Waals surface area contributed by atoms with Crippen LogP contribution >= 0.6 is 0 Å². The van der Waals surface area contributed by atoms with E-state index in [9.17, 15) is 9.59 Å². The van der Waals surface area contributed by atoms with Crippen molar-refractivity contribution in [3.05, 3.63) is 29.3 Å². The van der Waals surface area contributed by atoms with E-state index in [1.165, 1.54) is 12.8 Å². The zero-order valence-electron chi connectivity index (χ0n) is 12.8. The van der Waals surface area contributed by atoms with Crippen LogP contribution in [0.1, 0.15) is 41.6 Å². The third kappa shape index (κ3) is 2.55. The molecule has 1 saturated carbocycles. The number of fused-ring (bicyclic) bond motifs is 1. The molecular formula is C17H22N2O2. The van der Waals surface area contributed by atoms with Gasteiger partial charge in [0.15, 0.2) is 0 Å². The van der Waals surface area contributed by atoms with Crippen molar-refractivity contribution in [3.63, 3.8) is 0 Å². The zero-order valence-corrected chi connectivity index (χ0v) is 12.8. The Morgan fingerprint density at radius 2 is 1.90 bits per heavy atom. The maximum Gasteiger partial charge on any atom is 0.253 e. The summed E-state index contributed by atoms with van der Waals surface area (Å²) in [6.07, 6.45) is 5.26. The molecule has 3 rings (SSSR count). The highest BCUT2D eigenvalue weighted by atomic mass is 16.2. The van der Waals surface area contributed by atoms with Crippen LogP contribution in [0.2, 0.25) is 0 Å². The van der Waals surface area contributed by atoms with E-state index in [4.69, 9.17) is 0 Å². The van der Waals surface area contributed by atoms with E-state index in [2.05, 4.69) is 0 Å². The Morgan fingerprint density at radius 1 is 1.19 bits per heavy atom. The lowest BCUT2D eigenvalue weighted by Gasteiger charge is -2.21. The quantitative estimate of drug-likeness (QED) is 0.838. The average Bonchev–Trinajstić information content (AvgIpc) is 3.14. The molecule has 4 nitrogen and oxygen atoms in total. The minimum atomic E-state index is 0.0124. The van der Waals surface area contributed by atoms with Gasteiger partial charge in [0.2, 0.25) is 5.91 Å². The van der Waals surface area contributed by atoms with Gasteiger partial charge >= 0.3 is 0 Å². The monoisotopic (exact) mass is 286 g/mol. The molecule has 0 spiro atoms. The van der Waals surface area contributed by atoms with Gasteiger partial charge in [0.05, 0.1) is 0 Å². The van der Waals surface area contributed by atoms with Crippen molar-refractivity contribution in [2.75, 3.05) is 25.5 Å². The average molecular weight is 286 g/mol. The number of hydrogen-bond acceptors (Lipinski definition) is 2. The molecule has 0 atom stereocenters. The van der Waals surface area contributed by atoms with Gasteiger partial charge in [0, 0.05) is 37.8 Å². The third-order valence-electron chi connectivity index (χ3n) is 4.60. The Bertz CT molecular complexity index is 574. The summed E-state index contributed by atoms with van der Waals surface area (Å²) in [6, 6.07) is 5.72. The first-order chi connectivity index (χ1) is 10.1. The van der Waals surface area contributed by atoms with Crippen LogP contribution in [0.5, 0.6) is 0 Å². The molecule has 0 saturated heterocycles. The Morgan fingerprint density at radius 3 is 2.57 bits per heavy atom. The predicted molar refractivity (Wildman–Crippen MR) is 82.5 cm³/mol. The molecule has 1 aromatic rings. The zero-order chi connectivity index (χ0) is 15.0. The largest absolute Gasteiger partial charge is 0.345 e. The minimum absolute atomic E-state index is 0.0124. The molecule has 0 unspecified atom stereocenters. The fourth-order valence-electron chi connectivity index (χ4n) is 3.42. The number of rotatable bonds is 2. The van der Waals surface area contributed by atoms with E-state index in [1.807, 2.05) is 23.1 Å². The second-order valence-electron chi connectivity index (χ2n) is 6.26. The molecule has 1 aliphatic heterocycles. The highest BCUT2D eigenvalue weighted by Crippen LogP contribution is 2.34. The van der Waals surface area contributed by atoms with Crippen LogP contribution in [-0.2, 0) is 11.2 Å². The fraction of sp³-hybridized carbons (Fsp3) is 0.529. The molecule has 2 aliphatic rings. The summed E-state index contributed by atoms with van der Waals surface area (Å²) in [5.74, 6) is 0.496. The molecule has 0 N–H and O–H groups in total. The van der Waals surface area contributed by atoms with Gasteiger partial charge < -0.3 is 9.80 Å². The van der Waals surface area contributed by atoms with Gasteiger partial charge in [-0.25, -0.2) is 0 Å². The molecule has 1 fully saturated rings. The number of carbonyl (C=O) groups is 2. The van der Waals surface area contributed by atoms with E-state index in [0.717, 1.165) is 37.1 Å². The molecule has 0 bridgehead atoms. The third-order valence-corrected chi connectivity index (χ3v) is 4.60. The molecule has 1 aliphatic carbocycles. The highest BCUT2D eigenvalue weighted by Gasteiger charge is 2.32. The van der Waals surface area contributed by atoms with Crippen LogP contribution in [0.25, 0.3) is 0 Å². The summed E-state index contributed by atoms with van der Waals surface area (Å²) < 4.78 is 0. The normalized spacial score (nSPS) is 17.9. The first-order valence-corrected chi connectivity index (χ1v) is 7.74.